The maximum absolute atomic E-state index is 13.6. The number of carboxylic acid groups (broad SMARTS) is 1. The van der Waals surface area contributed by atoms with Crippen LogP contribution in [0.1, 0.15) is 69.6 Å². The second-order valence-electron chi connectivity index (χ2n) is 10.3. The summed E-state index contributed by atoms with van der Waals surface area (Å²) in [6, 6.07) is -1.66. The second kappa shape index (κ2) is 12.7. The lowest BCUT2D eigenvalue weighted by molar-refractivity contribution is -0.146. The molecule has 2 aliphatic rings. The standard InChI is InChI=1S/C26H41N5O5/c1-5-36-26(35)23(19(27)10-11-21-28-14(2)12-15(3)29-21)30-16(4)24(32)22-18-9-7-6-8-17(18)13-20(31-22)25(33)34/h12,16-20,22-23,30-31H,5-11,13,27H2,1-4H3,(H,33,34)/t16-,17?,18?,19?,20?,22?,23?/m0/s1. The average Bonchev–Trinajstić information content (AvgIpc) is 2.84. The molecular weight excluding hydrogens is 462 g/mol. The van der Waals surface area contributed by atoms with E-state index in [0.29, 0.717) is 25.1 Å². The minimum absolute atomic E-state index is 0.0996. The molecule has 1 aliphatic heterocycles. The smallest absolute Gasteiger partial charge is 0.324 e. The van der Waals surface area contributed by atoms with Crippen LogP contribution in [0.2, 0.25) is 0 Å². The molecule has 0 aromatic carbocycles. The summed E-state index contributed by atoms with van der Waals surface area (Å²) >= 11 is 0. The van der Waals surface area contributed by atoms with E-state index in [1.165, 1.54) is 0 Å². The van der Waals surface area contributed by atoms with Crippen molar-refractivity contribution in [2.45, 2.75) is 103 Å². The number of hydrogen-bond donors (Lipinski definition) is 4. The Bertz CT molecular complexity index is 921. The van der Waals surface area contributed by atoms with Gasteiger partial charge in [0.1, 0.15) is 17.9 Å². The summed E-state index contributed by atoms with van der Waals surface area (Å²) in [5.74, 6) is -0.620. The lowest BCUT2D eigenvalue weighted by Crippen LogP contribution is -2.63. The molecule has 0 spiro atoms. The Morgan fingerprint density at radius 3 is 2.53 bits per heavy atom. The maximum Gasteiger partial charge on any atom is 0.324 e. The number of aryl methyl sites for hydroxylation is 3. The van der Waals surface area contributed by atoms with E-state index in [0.717, 1.165) is 37.1 Å². The molecule has 0 amide bonds. The predicted octanol–water partition coefficient (Wildman–Crippen LogP) is 1.45. The molecule has 7 atom stereocenters. The first-order valence-corrected chi connectivity index (χ1v) is 13.1. The van der Waals surface area contributed by atoms with Gasteiger partial charge in [-0.3, -0.25) is 25.0 Å². The first-order chi connectivity index (χ1) is 17.1. The largest absolute Gasteiger partial charge is 0.480 e. The number of nitrogens with two attached hydrogens (primary N) is 1. The lowest BCUT2D eigenvalue weighted by atomic mass is 9.68. The Kier molecular flexibility index (Phi) is 9.92. The number of Topliss-reactive ketones (excluding diaryl/α,β-unsaturated/α-hetero) is 1. The quantitative estimate of drug-likeness (QED) is 0.326. The van der Waals surface area contributed by atoms with Crippen molar-refractivity contribution in [3.05, 3.63) is 23.3 Å². The molecule has 5 N–H and O–H groups in total. The van der Waals surface area contributed by atoms with Gasteiger partial charge in [-0.25, -0.2) is 9.97 Å². The van der Waals surface area contributed by atoms with Crippen LogP contribution in [0.4, 0.5) is 0 Å². The molecule has 10 nitrogen and oxygen atoms in total. The monoisotopic (exact) mass is 503 g/mol. The van der Waals surface area contributed by atoms with Crippen molar-refractivity contribution in [2.24, 2.45) is 17.6 Å². The highest BCUT2D eigenvalue weighted by Crippen LogP contribution is 2.39. The Balaban J connectivity index is 1.71. The Morgan fingerprint density at radius 2 is 1.89 bits per heavy atom. The fourth-order valence-corrected chi connectivity index (χ4v) is 5.74. The van der Waals surface area contributed by atoms with Crippen LogP contribution in [-0.2, 0) is 25.5 Å². The van der Waals surface area contributed by atoms with Gasteiger partial charge in [-0.2, -0.15) is 0 Å². The van der Waals surface area contributed by atoms with Gasteiger partial charge in [-0.05, 0) is 64.9 Å². The number of ether oxygens (including phenoxy) is 1. The maximum atomic E-state index is 13.6. The topological polar surface area (TPSA) is 157 Å². The molecule has 2 heterocycles. The van der Waals surface area contributed by atoms with Crippen molar-refractivity contribution in [3.63, 3.8) is 0 Å². The summed E-state index contributed by atoms with van der Waals surface area (Å²) in [6.45, 7) is 7.43. The van der Waals surface area contributed by atoms with Crippen LogP contribution in [-0.4, -0.2) is 69.6 Å². The molecule has 1 saturated heterocycles. The van der Waals surface area contributed by atoms with Crippen LogP contribution >= 0.6 is 0 Å². The minimum atomic E-state index is -0.933. The van der Waals surface area contributed by atoms with Crippen molar-refractivity contribution in [2.75, 3.05) is 6.61 Å². The van der Waals surface area contributed by atoms with Crippen molar-refractivity contribution in [1.82, 2.24) is 20.6 Å². The highest BCUT2D eigenvalue weighted by atomic mass is 16.5. The van der Waals surface area contributed by atoms with E-state index in [1.54, 1.807) is 13.8 Å². The number of hydrogen-bond acceptors (Lipinski definition) is 9. The van der Waals surface area contributed by atoms with E-state index in [2.05, 4.69) is 20.6 Å². The number of rotatable bonds is 11. The Morgan fingerprint density at radius 1 is 1.22 bits per heavy atom. The fraction of sp³-hybridized carbons (Fsp3) is 0.731. The number of ketones is 1. The summed E-state index contributed by atoms with van der Waals surface area (Å²) in [5, 5.41) is 15.8. The molecule has 1 saturated carbocycles. The first-order valence-electron chi connectivity index (χ1n) is 13.1. The number of aromatic nitrogens is 2. The van der Waals surface area contributed by atoms with Gasteiger partial charge in [0.05, 0.1) is 18.7 Å². The molecule has 1 aliphatic carbocycles. The third kappa shape index (κ3) is 7.08. The average molecular weight is 504 g/mol. The van der Waals surface area contributed by atoms with Crippen molar-refractivity contribution < 1.29 is 24.2 Å². The van der Waals surface area contributed by atoms with E-state index < -0.39 is 42.1 Å². The highest BCUT2D eigenvalue weighted by molar-refractivity contribution is 5.91. The zero-order chi connectivity index (χ0) is 26.4. The van der Waals surface area contributed by atoms with Gasteiger partial charge in [0.15, 0.2) is 5.78 Å². The number of carbonyl (C=O) groups is 3. The summed E-state index contributed by atoms with van der Waals surface area (Å²) in [4.78, 5) is 47.0. The Labute approximate surface area is 213 Å². The van der Waals surface area contributed by atoms with E-state index in [9.17, 15) is 19.5 Å². The van der Waals surface area contributed by atoms with Gasteiger partial charge < -0.3 is 15.6 Å². The third-order valence-corrected chi connectivity index (χ3v) is 7.47. The van der Waals surface area contributed by atoms with Crippen LogP contribution < -0.4 is 16.4 Å². The van der Waals surface area contributed by atoms with Gasteiger partial charge in [0, 0.05) is 23.9 Å². The zero-order valence-corrected chi connectivity index (χ0v) is 21.8. The highest BCUT2D eigenvalue weighted by Gasteiger charge is 2.45. The number of piperidine rings is 1. The van der Waals surface area contributed by atoms with Crippen molar-refractivity contribution in [1.29, 1.82) is 0 Å². The second-order valence-corrected chi connectivity index (χ2v) is 10.3. The molecule has 1 aromatic rings. The molecule has 36 heavy (non-hydrogen) atoms. The first kappa shape index (κ1) is 28.1. The molecule has 2 fully saturated rings. The van der Waals surface area contributed by atoms with Crippen molar-refractivity contribution in [3.8, 4) is 0 Å². The molecule has 200 valence electrons. The SMILES string of the molecule is CCOC(=O)C(N[C@@H](C)C(=O)C1NC(C(=O)O)CC2CCCCC21)C(N)CCc1nc(C)cc(C)n1. The number of carbonyl (C=O) groups excluding carboxylic acids is 2. The van der Waals surface area contributed by atoms with Crippen LogP contribution in [0.15, 0.2) is 6.07 Å². The molecule has 6 unspecified atom stereocenters. The number of nitrogens with one attached hydrogen (secondary N) is 2. The van der Waals surface area contributed by atoms with Crippen LogP contribution in [0.5, 0.6) is 0 Å². The number of nitrogens with zero attached hydrogens (tertiary/aromatic N) is 2. The molecule has 0 radical (unpaired) electrons. The van der Waals surface area contributed by atoms with Gasteiger partial charge >= 0.3 is 11.9 Å². The molecule has 10 heteroatoms. The predicted molar refractivity (Wildman–Crippen MR) is 134 cm³/mol. The minimum Gasteiger partial charge on any atom is -0.480 e. The normalized spacial score (nSPS) is 26.4. The molecule has 0 bridgehead atoms. The van der Waals surface area contributed by atoms with Crippen molar-refractivity contribution >= 4 is 17.7 Å². The number of aliphatic carboxylic acids is 1. The molecular formula is C26H41N5O5. The summed E-state index contributed by atoms with van der Waals surface area (Å²) in [5.41, 5.74) is 8.18. The third-order valence-electron chi connectivity index (χ3n) is 7.47. The van der Waals surface area contributed by atoms with E-state index >= 15 is 0 Å². The summed E-state index contributed by atoms with van der Waals surface area (Å²) in [6.07, 6.45) is 5.38. The fourth-order valence-electron chi connectivity index (χ4n) is 5.74. The lowest BCUT2D eigenvalue weighted by Gasteiger charge is -2.44. The number of esters is 1. The van der Waals surface area contributed by atoms with E-state index in [4.69, 9.17) is 10.5 Å². The number of carboxylic acids is 1. The van der Waals surface area contributed by atoms with E-state index in [1.807, 2.05) is 19.9 Å². The van der Waals surface area contributed by atoms with Crippen LogP contribution in [0, 0.1) is 25.7 Å². The van der Waals surface area contributed by atoms with Gasteiger partial charge in [0.2, 0.25) is 0 Å². The van der Waals surface area contributed by atoms with Crippen LogP contribution in [0.3, 0.4) is 0 Å². The van der Waals surface area contributed by atoms with E-state index in [-0.39, 0.29) is 24.2 Å². The van der Waals surface area contributed by atoms with Gasteiger partial charge in [0.25, 0.3) is 0 Å². The molecule has 3 rings (SSSR count). The summed E-state index contributed by atoms with van der Waals surface area (Å²) < 4.78 is 5.26. The summed E-state index contributed by atoms with van der Waals surface area (Å²) in [7, 11) is 0. The van der Waals surface area contributed by atoms with Gasteiger partial charge in [-0.15, -0.1) is 0 Å². The molecule has 1 aromatic heterocycles. The van der Waals surface area contributed by atoms with Gasteiger partial charge in [-0.1, -0.05) is 19.3 Å². The number of fused-ring (bicyclic) bond motifs is 1. The zero-order valence-electron chi connectivity index (χ0n) is 21.8. The van der Waals surface area contributed by atoms with Crippen LogP contribution in [0.25, 0.3) is 0 Å². The Hall–Kier alpha value is -2.43.